The Hall–Kier alpha value is -1.64. The van der Waals surface area contributed by atoms with Gasteiger partial charge in [-0.2, -0.15) is 0 Å². The molecule has 0 aliphatic heterocycles. The average Bonchev–Trinajstić information content (AvgIpc) is 2.47. The zero-order chi connectivity index (χ0) is 14.4. The summed E-state index contributed by atoms with van der Waals surface area (Å²) in [5.74, 6) is 0.130. The maximum Gasteiger partial charge on any atom is 0.164 e. The number of hydrogen-bond donors (Lipinski definition) is 1. The minimum atomic E-state index is 0.130. The molecule has 2 aromatic rings. The molecule has 2 aromatic carbocycles. The van der Waals surface area contributed by atoms with Gasteiger partial charge in [-0.1, -0.05) is 48.0 Å². The standard InChI is InChI=1S/C17H18ClNO/c1-13-7-8-15(18)11-16(13)17(20)9-10-19-12-14-5-3-2-4-6-14/h2-8,11,19H,9-10,12H2,1H3. The summed E-state index contributed by atoms with van der Waals surface area (Å²) in [6.07, 6.45) is 0.480. The van der Waals surface area contributed by atoms with Gasteiger partial charge in [0, 0.05) is 30.1 Å². The van der Waals surface area contributed by atoms with Gasteiger partial charge in [-0.05, 0) is 30.2 Å². The van der Waals surface area contributed by atoms with E-state index in [-0.39, 0.29) is 5.78 Å². The molecule has 0 unspecified atom stereocenters. The van der Waals surface area contributed by atoms with Gasteiger partial charge in [0.25, 0.3) is 0 Å². The monoisotopic (exact) mass is 287 g/mol. The van der Waals surface area contributed by atoms with E-state index in [1.165, 1.54) is 5.56 Å². The first-order chi connectivity index (χ1) is 9.66. The second-order valence-corrected chi connectivity index (χ2v) is 5.23. The van der Waals surface area contributed by atoms with Gasteiger partial charge >= 0.3 is 0 Å². The number of ketones is 1. The zero-order valence-corrected chi connectivity index (χ0v) is 12.3. The van der Waals surface area contributed by atoms with Crippen LogP contribution in [-0.2, 0) is 6.54 Å². The smallest absolute Gasteiger partial charge is 0.164 e. The third kappa shape index (κ3) is 4.19. The maximum atomic E-state index is 12.1. The van der Waals surface area contributed by atoms with E-state index in [4.69, 9.17) is 11.6 Å². The quantitative estimate of drug-likeness (QED) is 0.642. The van der Waals surface area contributed by atoms with E-state index in [2.05, 4.69) is 17.4 Å². The van der Waals surface area contributed by atoms with Crippen LogP contribution in [0, 0.1) is 6.92 Å². The first-order valence-electron chi connectivity index (χ1n) is 6.71. The molecule has 3 heteroatoms. The van der Waals surface area contributed by atoms with Gasteiger partial charge in [0.05, 0.1) is 0 Å². The Labute approximate surface area is 124 Å². The van der Waals surface area contributed by atoms with E-state index in [1.807, 2.05) is 31.2 Å². The minimum absolute atomic E-state index is 0.130. The normalized spacial score (nSPS) is 10.5. The lowest BCUT2D eigenvalue weighted by Gasteiger charge is -2.07. The summed E-state index contributed by atoms with van der Waals surface area (Å²) in [5, 5.41) is 3.89. The van der Waals surface area contributed by atoms with Crippen molar-refractivity contribution < 1.29 is 4.79 Å². The van der Waals surface area contributed by atoms with Gasteiger partial charge in [0.1, 0.15) is 0 Å². The zero-order valence-electron chi connectivity index (χ0n) is 11.5. The van der Waals surface area contributed by atoms with Gasteiger partial charge in [-0.15, -0.1) is 0 Å². The summed E-state index contributed by atoms with van der Waals surface area (Å²) in [6, 6.07) is 15.6. The van der Waals surface area contributed by atoms with E-state index < -0.39 is 0 Å². The number of aryl methyl sites for hydroxylation is 1. The Morgan fingerprint density at radius 3 is 2.65 bits per heavy atom. The molecular weight excluding hydrogens is 270 g/mol. The summed E-state index contributed by atoms with van der Waals surface area (Å²) >= 11 is 5.93. The number of carbonyl (C=O) groups excluding carboxylic acids is 1. The number of rotatable bonds is 6. The van der Waals surface area contributed by atoms with Crippen molar-refractivity contribution in [2.75, 3.05) is 6.54 Å². The van der Waals surface area contributed by atoms with Gasteiger partial charge in [-0.25, -0.2) is 0 Å². The number of Topliss-reactive ketones (excluding diaryl/α,β-unsaturated/α-hetero) is 1. The van der Waals surface area contributed by atoms with Crippen molar-refractivity contribution in [3.8, 4) is 0 Å². The SMILES string of the molecule is Cc1ccc(Cl)cc1C(=O)CCNCc1ccccc1. The van der Waals surface area contributed by atoms with Crippen molar-refractivity contribution in [3.05, 3.63) is 70.2 Å². The lowest BCUT2D eigenvalue weighted by Crippen LogP contribution is -2.18. The van der Waals surface area contributed by atoms with Gasteiger partial charge in [0.15, 0.2) is 5.78 Å². The first kappa shape index (κ1) is 14.8. The molecule has 0 aliphatic rings. The molecule has 0 amide bonds. The van der Waals surface area contributed by atoms with Crippen LogP contribution < -0.4 is 5.32 Å². The summed E-state index contributed by atoms with van der Waals surface area (Å²) < 4.78 is 0. The third-order valence-corrected chi connectivity index (χ3v) is 3.44. The molecular formula is C17H18ClNO. The largest absolute Gasteiger partial charge is 0.312 e. The molecule has 104 valence electrons. The van der Waals surface area contributed by atoms with Crippen LogP contribution in [0.3, 0.4) is 0 Å². The van der Waals surface area contributed by atoms with E-state index in [1.54, 1.807) is 12.1 Å². The number of benzene rings is 2. The van der Waals surface area contributed by atoms with E-state index >= 15 is 0 Å². The molecule has 0 radical (unpaired) electrons. The van der Waals surface area contributed by atoms with E-state index in [0.717, 1.165) is 17.7 Å². The molecule has 0 atom stereocenters. The minimum Gasteiger partial charge on any atom is -0.312 e. The highest BCUT2D eigenvalue weighted by molar-refractivity contribution is 6.31. The number of halogens is 1. The molecule has 0 heterocycles. The van der Waals surface area contributed by atoms with Crippen molar-refractivity contribution >= 4 is 17.4 Å². The Morgan fingerprint density at radius 2 is 1.90 bits per heavy atom. The number of nitrogens with one attached hydrogen (secondary N) is 1. The molecule has 0 bridgehead atoms. The molecule has 1 N–H and O–H groups in total. The highest BCUT2D eigenvalue weighted by Crippen LogP contribution is 2.16. The average molecular weight is 288 g/mol. The number of hydrogen-bond acceptors (Lipinski definition) is 2. The Bertz CT molecular complexity index is 581. The van der Waals surface area contributed by atoms with Gasteiger partial charge in [-0.3, -0.25) is 4.79 Å². The second-order valence-electron chi connectivity index (χ2n) is 4.79. The van der Waals surface area contributed by atoms with Crippen molar-refractivity contribution in [3.63, 3.8) is 0 Å². The van der Waals surface area contributed by atoms with Crippen LogP contribution >= 0.6 is 11.6 Å². The van der Waals surface area contributed by atoms with Crippen molar-refractivity contribution in [2.24, 2.45) is 0 Å². The first-order valence-corrected chi connectivity index (χ1v) is 7.08. The van der Waals surface area contributed by atoms with E-state index in [9.17, 15) is 4.79 Å². The predicted octanol–water partition coefficient (Wildman–Crippen LogP) is 4.01. The fourth-order valence-corrected chi connectivity index (χ4v) is 2.23. The molecule has 0 saturated heterocycles. The van der Waals surface area contributed by atoms with Gasteiger partial charge in [0.2, 0.25) is 0 Å². The second kappa shape index (κ2) is 7.22. The summed E-state index contributed by atoms with van der Waals surface area (Å²) in [6.45, 7) is 3.38. The molecule has 2 rings (SSSR count). The Morgan fingerprint density at radius 1 is 1.15 bits per heavy atom. The van der Waals surface area contributed by atoms with Crippen LogP contribution in [0.15, 0.2) is 48.5 Å². The summed E-state index contributed by atoms with van der Waals surface area (Å²) in [7, 11) is 0. The molecule has 0 fully saturated rings. The lowest BCUT2D eigenvalue weighted by molar-refractivity contribution is 0.0982. The molecule has 0 aromatic heterocycles. The summed E-state index contributed by atoms with van der Waals surface area (Å²) in [4.78, 5) is 12.1. The van der Waals surface area contributed by atoms with Crippen LogP contribution in [0.2, 0.25) is 5.02 Å². The highest BCUT2D eigenvalue weighted by atomic mass is 35.5. The molecule has 2 nitrogen and oxygen atoms in total. The van der Waals surface area contributed by atoms with Crippen molar-refractivity contribution in [1.82, 2.24) is 5.32 Å². The molecule has 0 spiro atoms. The Kier molecular flexibility index (Phi) is 5.33. The highest BCUT2D eigenvalue weighted by Gasteiger charge is 2.09. The molecule has 0 saturated carbocycles. The third-order valence-electron chi connectivity index (χ3n) is 3.20. The van der Waals surface area contributed by atoms with Crippen LogP contribution in [-0.4, -0.2) is 12.3 Å². The maximum absolute atomic E-state index is 12.1. The lowest BCUT2D eigenvalue weighted by atomic mass is 10.0. The predicted molar refractivity (Wildman–Crippen MR) is 83.3 cm³/mol. The number of carbonyl (C=O) groups is 1. The fraction of sp³-hybridized carbons (Fsp3) is 0.235. The topological polar surface area (TPSA) is 29.1 Å². The van der Waals surface area contributed by atoms with Gasteiger partial charge < -0.3 is 5.32 Å². The van der Waals surface area contributed by atoms with E-state index in [0.29, 0.717) is 18.0 Å². The van der Waals surface area contributed by atoms with Crippen LogP contribution in [0.4, 0.5) is 0 Å². The van der Waals surface area contributed by atoms with Crippen molar-refractivity contribution in [2.45, 2.75) is 19.9 Å². The van der Waals surface area contributed by atoms with Crippen LogP contribution in [0.25, 0.3) is 0 Å². The fourth-order valence-electron chi connectivity index (χ4n) is 2.06. The summed E-state index contributed by atoms with van der Waals surface area (Å²) in [5.41, 5.74) is 2.92. The van der Waals surface area contributed by atoms with Crippen molar-refractivity contribution in [1.29, 1.82) is 0 Å². The molecule has 20 heavy (non-hydrogen) atoms. The van der Waals surface area contributed by atoms with Crippen LogP contribution in [0.5, 0.6) is 0 Å². The Balaban J connectivity index is 1.82. The molecule has 0 aliphatic carbocycles. The van der Waals surface area contributed by atoms with Crippen LogP contribution in [0.1, 0.15) is 27.9 Å².